The molecule has 234 valence electrons. The van der Waals surface area contributed by atoms with Gasteiger partial charge in [0.15, 0.2) is 6.23 Å². The molecule has 1 saturated heterocycles. The van der Waals surface area contributed by atoms with Gasteiger partial charge in [0.05, 0.1) is 30.1 Å². The minimum atomic E-state index is -3.47. The molecular weight excluding hydrogens is 575 g/mol. The molecule has 4 rings (SSSR count). The first-order valence-corrected chi connectivity index (χ1v) is 19.6. The maximum absolute atomic E-state index is 11.2. The third-order valence-corrected chi connectivity index (χ3v) is 13.2. The Balaban J connectivity index is 1.51. The van der Waals surface area contributed by atoms with E-state index in [9.17, 15) is 8.42 Å². The fourth-order valence-electron chi connectivity index (χ4n) is 4.62. The molecular formula is C29H47N5O6SSi. The number of ether oxygens (including phenoxy) is 2. The van der Waals surface area contributed by atoms with Crippen molar-refractivity contribution in [3.05, 3.63) is 24.4 Å². The van der Waals surface area contributed by atoms with E-state index in [0.717, 1.165) is 54.5 Å². The molecule has 1 fully saturated rings. The van der Waals surface area contributed by atoms with Crippen molar-refractivity contribution in [2.24, 2.45) is 0 Å². The summed E-state index contributed by atoms with van der Waals surface area (Å²) in [6, 6.07) is 6.21. The predicted molar refractivity (Wildman–Crippen MR) is 166 cm³/mol. The Morgan fingerprint density at radius 3 is 2.52 bits per heavy atom. The molecule has 13 heteroatoms. The molecule has 1 aliphatic rings. The lowest BCUT2D eigenvalue weighted by molar-refractivity contribution is -0.0365. The summed E-state index contributed by atoms with van der Waals surface area (Å²) >= 11 is 0. The SMILES string of the molecule is C[C@@H](CCOCC[C@H](C)n1ncc(-c2nn(C3CCCCO3)c3ccc(O[Si](C)(C)C(C)(C)C)cc23)n1)OS(C)(=O)=O. The lowest BCUT2D eigenvalue weighted by atomic mass is 10.1. The second kappa shape index (κ2) is 13.1. The number of aromatic nitrogens is 5. The molecule has 3 heterocycles. The molecule has 0 radical (unpaired) electrons. The highest BCUT2D eigenvalue weighted by Crippen LogP contribution is 2.39. The van der Waals surface area contributed by atoms with E-state index in [1.807, 2.05) is 17.7 Å². The topological polar surface area (TPSA) is 120 Å². The van der Waals surface area contributed by atoms with E-state index in [-0.39, 0.29) is 17.3 Å². The molecule has 0 spiro atoms. The summed E-state index contributed by atoms with van der Waals surface area (Å²) in [7, 11) is -5.50. The van der Waals surface area contributed by atoms with Crippen molar-refractivity contribution in [2.45, 2.75) is 103 Å². The highest BCUT2D eigenvalue weighted by Gasteiger charge is 2.39. The van der Waals surface area contributed by atoms with E-state index in [4.69, 9.17) is 28.3 Å². The van der Waals surface area contributed by atoms with Gasteiger partial charge in [-0.25, -0.2) is 4.68 Å². The van der Waals surface area contributed by atoms with Crippen LogP contribution < -0.4 is 4.43 Å². The van der Waals surface area contributed by atoms with Gasteiger partial charge in [-0.2, -0.15) is 28.5 Å². The fourth-order valence-corrected chi connectivity index (χ4v) is 6.34. The van der Waals surface area contributed by atoms with E-state index < -0.39 is 24.5 Å². The maximum Gasteiger partial charge on any atom is 0.264 e. The standard InChI is InChI=1S/C29H47N5O6SSi/c1-21(14-17-37-18-15-22(2)39-41(6,35)36)34-30-20-25(31-34)28-24-19-23(40-42(7,8)29(3,4)5)12-13-26(24)33(32-28)27-11-9-10-16-38-27/h12-13,19-22,27H,9-11,14-18H2,1-8H3/t21-,22-,27?/m0/s1. The number of rotatable bonds is 13. The second-order valence-corrected chi connectivity index (χ2v) is 19.2. The third kappa shape index (κ3) is 8.19. The van der Waals surface area contributed by atoms with Gasteiger partial charge in [0.25, 0.3) is 10.1 Å². The van der Waals surface area contributed by atoms with Gasteiger partial charge in [-0.05, 0) is 82.3 Å². The summed E-state index contributed by atoms with van der Waals surface area (Å²) in [5.41, 5.74) is 2.44. The molecule has 0 N–H and O–H groups in total. The minimum Gasteiger partial charge on any atom is -0.543 e. The van der Waals surface area contributed by atoms with E-state index in [0.29, 0.717) is 31.7 Å². The molecule has 1 unspecified atom stereocenters. The van der Waals surface area contributed by atoms with Gasteiger partial charge < -0.3 is 13.9 Å². The Kier molecular flexibility index (Phi) is 10.2. The Labute approximate surface area is 251 Å². The van der Waals surface area contributed by atoms with Crippen LogP contribution in [0.2, 0.25) is 18.1 Å². The van der Waals surface area contributed by atoms with E-state index in [1.54, 1.807) is 17.9 Å². The zero-order valence-corrected chi connectivity index (χ0v) is 28.1. The van der Waals surface area contributed by atoms with E-state index in [2.05, 4.69) is 51.1 Å². The van der Waals surface area contributed by atoms with E-state index >= 15 is 0 Å². The van der Waals surface area contributed by atoms with Crippen LogP contribution in [0.4, 0.5) is 0 Å². The molecule has 0 bridgehead atoms. The van der Waals surface area contributed by atoms with Crippen LogP contribution in [0.25, 0.3) is 22.3 Å². The normalized spacial score (nSPS) is 18.3. The Morgan fingerprint density at radius 1 is 1.12 bits per heavy atom. The van der Waals surface area contributed by atoms with Crippen LogP contribution in [-0.2, 0) is 23.8 Å². The predicted octanol–water partition coefficient (Wildman–Crippen LogP) is 6.10. The summed E-state index contributed by atoms with van der Waals surface area (Å²) in [5.74, 6) is 0.841. The average Bonchev–Trinajstić information content (AvgIpc) is 3.52. The Bertz CT molecular complexity index is 1440. The zero-order valence-electron chi connectivity index (χ0n) is 26.3. The largest absolute Gasteiger partial charge is 0.543 e. The van der Waals surface area contributed by atoms with Crippen molar-refractivity contribution in [2.75, 3.05) is 26.1 Å². The average molecular weight is 622 g/mol. The van der Waals surface area contributed by atoms with E-state index in [1.165, 1.54) is 0 Å². The Morgan fingerprint density at radius 2 is 1.86 bits per heavy atom. The molecule has 0 amide bonds. The second-order valence-electron chi connectivity index (χ2n) is 12.9. The highest BCUT2D eigenvalue weighted by atomic mass is 32.2. The van der Waals surface area contributed by atoms with Crippen LogP contribution in [0.1, 0.15) is 79.0 Å². The molecule has 3 atom stereocenters. The van der Waals surface area contributed by atoms with Gasteiger partial charge in [-0.3, -0.25) is 4.18 Å². The van der Waals surface area contributed by atoms with Crippen LogP contribution in [0, 0.1) is 0 Å². The van der Waals surface area contributed by atoms with Crippen molar-refractivity contribution < 1.29 is 26.5 Å². The summed E-state index contributed by atoms with van der Waals surface area (Å²) < 4.78 is 47.9. The zero-order chi connectivity index (χ0) is 30.7. The molecule has 0 saturated carbocycles. The van der Waals surface area contributed by atoms with Gasteiger partial charge in [0.1, 0.15) is 17.1 Å². The van der Waals surface area contributed by atoms with Gasteiger partial charge in [0.2, 0.25) is 8.32 Å². The van der Waals surface area contributed by atoms with Crippen molar-refractivity contribution in [3.63, 3.8) is 0 Å². The molecule has 0 aliphatic carbocycles. The minimum absolute atomic E-state index is 0.00375. The van der Waals surface area contributed by atoms with Gasteiger partial charge in [-0.1, -0.05) is 20.8 Å². The molecule has 3 aromatic rings. The van der Waals surface area contributed by atoms with Gasteiger partial charge in [0, 0.05) is 25.2 Å². The highest BCUT2D eigenvalue weighted by molar-refractivity contribution is 7.86. The molecule has 1 aromatic carbocycles. The lowest BCUT2D eigenvalue weighted by Gasteiger charge is -2.36. The first kappa shape index (κ1) is 32.6. The number of nitrogens with zero attached hydrogens (tertiary/aromatic N) is 5. The number of fused-ring (bicyclic) bond motifs is 1. The number of hydrogen-bond acceptors (Lipinski definition) is 9. The molecule has 11 nitrogen and oxygen atoms in total. The van der Waals surface area contributed by atoms with Crippen molar-refractivity contribution in [1.82, 2.24) is 24.8 Å². The first-order chi connectivity index (χ1) is 19.6. The van der Waals surface area contributed by atoms with Crippen LogP contribution in [-0.4, -0.2) is 73.7 Å². The summed E-state index contributed by atoms with van der Waals surface area (Å²) in [4.78, 5) is 1.70. The van der Waals surface area contributed by atoms with Crippen LogP contribution in [0.5, 0.6) is 5.75 Å². The van der Waals surface area contributed by atoms with Gasteiger partial charge >= 0.3 is 0 Å². The quantitative estimate of drug-likeness (QED) is 0.127. The monoisotopic (exact) mass is 621 g/mol. The fraction of sp³-hybridized carbons (Fsp3) is 0.690. The molecule has 42 heavy (non-hydrogen) atoms. The lowest BCUT2D eigenvalue weighted by Crippen LogP contribution is -2.43. The van der Waals surface area contributed by atoms with Crippen molar-refractivity contribution >= 4 is 29.3 Å². The molecule has 2 aromatic heterocycles. The third-order valence-electron chi connectivity index (χ3n) is 8.12. The Hall–Kier alpha value is -2.32. The summed E-state index contributed by atoms with van der Waals surface area (Å²) in [6.07, 6.45) is 6.56. The maximum atomic E-state index is 11.2. The summed E-state index contributed by atoms with van der Waals surface area (Å²) in [6.45, 7) is 16.6. The number of hydrogen-bond donors (Lipinski definition) is 0. The molecule has 1 aliphatic heterocycles. The van der Waals surface area contributed by atoms with Crippen LogP contribution >= 0.6 is 0 Å². The van der Waals surface area contributed by atoms with Crippen molar-refractivity contribution in [1.29, 1.82) is 0 Å². The van der Waals surface area contributed by atoms with Crippen LogP contribution in [0.3, 0.4) is 0 Å². The first-order valence-electron chi connectivity index (χ1n) is 14.9. The summed E-state index contributed by atoms with van der Waals surface area (Å²) in [5, 5.41) is 15.4. The van der Waals surface area contributed by atoms with Crippen LogP contribution in [0.15, 0.2) is 24.4 Å². The van der Waals surface area contributed by atoms with Gasteiger partial charge in [-0.15, -0.1) is 0 Å². The van der Waals surface area contributed by atoms with Crippen molar-refractivity contribution in [3.8, 4) is 17.1 Å². The number of benzene rings is 1. The smallest absolute Gasteiger partial charge is 0.264 e.